The molecule has 1 aliphatic heterocycles. The molecule has 8 nitrogen and oxygen atoms in total. The molecule has 4 aromatic rings. The molecule has 1 aromatic heterocycles. The van der Waals surface area contributed by atoms with Gasteiger partial charge in [0.1, 0.15) is 17.7 Å². The van der Waals surface area contributed by atoms with Crippen molar-refractivity contribution in [2.45, 2.75) is 32.0 Å². The van der Waals surface area contributed by atoms with Gasteiger partial charge in [0.2, 0.25) is 5.91 Å². The lowest BCUT2D eigenvalue weighted by Gasteiger charge is -2.39. The average molecular weight is 610 g/mol. The van der Waals surface area contributed by atoms with E-state index in [1.54, 1.807) is 42.8 Å². The van der Waals surface area contributed by atoms with Gasteiger partial charge in [0.05, 0.1) is 16.9 Å². The molecule has 2 N–H and O–H groups in total. The molecular formula is C31H27ClF3N5O3. The minimum absolute atomic E-state index is 0.219. The van der Waals surface area contributed by atoms with Crippen molar-refractivity contribution in [1.82, 2.24) is 15.1 Å². The summed E-state index contributed by atoms with van der Waals surface area (Å²) in [7, 11) is 0. The minimum Gasteiger partial charge on any atom is -0.339 e. The monoisotopic (exact) mass is 609 g/mol. The highest BCUT2D eigenvalue weighted by atomic mass is 35.5. The molecule has 3 aromatic carbocycles. The van der Waals surface area contributed by atoms with E-state index < -0.39 is 41.4 Å². The van der Waals surface area contributed by atoms with Crippen LogP contribution in [0.25, 0.3) is 5.69 Å². The maximum absolute atomic E-state index is 14.3. The van der Waals surface area contributed by atoms with Crippen LogP contribution in [0.2, 0.25) is 0 Å². The zero-order valence-electron chi connectivity index (χ0n) is 23.2. The first-order valence-corrected chi connectivity index (χ1v) is 14.0. The lowest BCUT2D eigenvalue weighted by molar-refractivity contribution is -0.137. The summed E-state index contributed by atoms with van der Waals surface area (Å²) in [6.07, 6.45) is -4.66. The van der Waals surface area contributed by atoms with E-state index in [9.17, 15) is 27.6 Å². The molecule has 0 radical (unpaired) electrons. The number of aryl methyl sites for hydroxylation is 1. The molecule has 3 amide bonds. The van der Waals surface area contributed by atoms with Crippen LogP contribution in [0.4, 0.5) is 24.7 Å². The zero-order chi connectivity index (χ0) is 30.9. The summed E-state index contributed by atoms with van der Waals surface area (Å²) in [4.78, 5) is 41.6. The molecule has 0 saturated carbocycles. The van der Waals surface area contributed by atoms with Crippen molar-refractivity contribution in [2.24, 2.45) is 0 Å². The second-order valence-corrected chi connectivity index (χ2v) is 10.2. The Balaban J connectivity index is 1.70. The Hall–Kier alpha value is -4.64. The summed E-state index contributed by atoms with van der Waals surface area (Å²) < 4.78 is 41.9. The van der Waals surface area contributed by atoms with Crippen LogP contribution in [-0.2, 0) is 15.8 Å². The standard InChI is InChI=1S/C31H27ClF3N5O3/c1-3-39-29-25(18(2)38-40(29)21-12-5-4-6-13-21)26(22-14-7-8-15-23(22)36-24(41)17-32)27(30(39)43)37-28(42)19-10-9-11-20(16-19)31(33,34)35/h4-16,26-27H,3,17H2,1-2H3,(H,36,41)(H,37,42)/t26-,27+/m0/s1. The molecule has 1 aliphatic rings. The Kier molecular flexibility index (Phi) is 8.27. The van der Waals surface area contributed by atoms with E-state index in [0.29, 0.717) is 34.0 Å². The zero-order valence-corrected chi connectivity index (χ0v) is 23.9. The molecule has 222 valence electrons. The summed E-state index contributed by atoms with van der Waals surface area (Å²) >= 11 is 5.77. The third kappa shape index (κ3) is 5.72. The van der Waals surface area contributed by atoms with E-state index in [0.717, 1.165) is 18.2 Å². The fraction of sp³-hybridized carbons (Fsp3) is 0.226. The number of anilines is 2. The number of alkyl halides is 4. The molecule has 0 fully saturated rings. The fourth-order valence-corrected chi connectivity index (χ4v) is 5.46. The predicted molar refractivity (Wildman–Crippen MR) is 157 cm³/mol. The Morgan fingerprint density at radius 1 is 1.00 bits per heavy atom. The van der Waals surface area contributed by atoms with Gasteiger partial charge in [-0.05, 0) is 55.8 Å². The van der Waals surface area contributed by atoms with Crippen LogP contribution >= 0.6 is 11.6 Å². The molecule has 5 rings (SSSR count). The highest BCUT2D eigenvalue weighted by molar-refractivity contribution is 6.29. The highest BCUT2D eigenvalue weighted by Gasteiger charge is 2.46. The molecule has 0 saturated heterocycles. The van der Waals surface area contributed by atoms with Crippen molar-refractivity contribution in [3.05, 3.63) is 107 Å². The van der Waals surface area contributed by atoms with Crippen molar-refractivity contribution < 1.29 is 27.6 Å². The first-order valence-electron chi connectivity index (χ1n) is 13.4. The summed E-state index contributed by atoms with van der Waals surface area (Å²) in [5.74, 6) is -2.52. The number of amides is 3. The van der Waals surface area contributed by atoms with Gasteiger partial charge in [0.15, 0.2) is 0 Å². The van der Waals surface area contributed by atoms with Gasteiger partial charge >= 0.3 is 6.18 Å². The predicted octanol–water partition coefficient (Wildman–Crippen LogP) is 5.67. The smallest absolute Gasteiger partial charge is 0.339 e. The molecule has 0 aliphatic carbocycles. The number of carbonyl (C=O) groups excluding carboxylic acids is 3. The molecule has 43 heavy (non-hydrogen) atoms. The molecule has 0 spiro atoms. The molecular weight excluding hydrogens is 583 g/mol. The Bertz CT molecular complexity index is 1690. The summed E-state index contributed by atoms with van der Waals surface area (Å²) in [6.45, 7) is 3.78. The number of benzene rings is 3. The number of carbonyl (C=O) groups is 3. The lowest BCUT2D eigenvalue weighted by atomic mass is 9.80. The average Bonchev–Trinajstić information content (AvgIpc) is 3.34. The minimum atomic E-state index is -4.66. The molecule has 12 heteroatoms. The van der Waals surface area contributed by atoms with E-state index >= 15 is 0 Å². The second-order valence-electron chi connectivity index (χ2n) is 9.93. The van der Waals surface area contributed by atoms with Gasteiger partial charge < -0.3 is 10.6 Å². The van der Waals surface area contributed by atoms with Crippen molar-refractivity contribution in [2.75, 3.05) is 22.6 Å². The van der Waals surface area contributed by atoms with Crippen molar-refractivity contribution in [1.29, 1.82) is 0 Å². The number of fused-ring (bicyclic) bond motifs is 1. The van der Waals surface area contributed by atoms with Gasteiger partial charge in [-0.3, -0.25) is 19.3 Å². The second kappa shape index (κ2) is 11.9. The van der Waals surface area contributed by atoms with E-state index in [-0.39, 0.29) is 18.0 Å². The molecule has 0 unspecified atom stereocenters. The van der Waals surface area contributed by atoms with Gasteiger partial charge in [-0.15, -0.1) is 11.6 Å². The molecule has 0 bridgehead atoms. The third-order valence-corrected chi connectivity index (χ3v) is 7.50. The topological polar surface area (TPSA) is 96.3 Å². The number of likely N-dealkylation sites (N-methyl/N-ethyl adjacent to an activating group) is 1. The van der Waals surface area contributed by atoms with E-state index in [1.807, 2.05) is 30.3 Å². The maximum Gasteiger partial charge on any atom is 0.416 e. The fourth-order valence-electron chi connectivity index (χ4n) is 5.39. The summed E-state index contributed by atoms with van der Waals surface area (Å²) in [5, 5.41) is 10.2. The normalized spacial score (nSPS) is 16.5. The number of aromatic nitrogens is 2. The number of hydrogen-bond acceptors (Lipinski definition) is 4. The quantitative estimate of drug-likeness (QED) is 0.264. The van der Waals surface area contributed by atoms with Gasteiger partial charge in [-0.2, -0.15) is 18.3 Å². The number of rotatable bonds is 7. The maximum atomic E-state index is 14.3. The van der Waals surface area contributed by atoms with Gasteiger partial charge in [-0.1, -0.05) is 42.5 Å². The van der Waals surface area contributed by atoms with E-state index in [4.69, 9.17) is 16.7 Å². The highest BCUT2D eigenvalue weighted by Crippen LogP contribution is 2.45. The van der Waals surface area contributed by atoms with Crippen LogP contribution in [0.3, 0.4) is 0 Å². The van der Waals surface area contributed by atoms with Crippen molar-refractivity contribution in [3.8, 4) is 5.69 Å². The van der Waals surface area contributed by atoms with Crippen LogP contribution in [0, 0.1) is 6.92 Å². The van der Waals surface area contributed by atoms with Crippen LogP contribution < -0.4 is 15.5 Å². The number of nitrogens with zero attached hydrogens (tertiary/aromatic N) is 3. The molecule has 2 heterocycles. The van der Waals surface area contributed by atoms with E-state index in [2.05, 4.69) is 10.6 Å². The Morgan fingerprint density at radius 3 is 2.37 bits per heavy atom. The van der Waals surface area contributed by atoms with Gasteiger partial charge in [0.25, 0.3) is 11.8 Å². The number of nitrogens with one attached hydrogen (secondary N) is 2. The van der Waals surface area contributed by atoms with Crippen LogP contribution in [0.5, 0.6) is 0 Å². The Morgan fingerprint density at radius 2 is 1.70 bits per heavy atom. The first-order chi connectivity index (χ1) is 20.5. The largest absolute Gasteiger partial charge is 0.416 e. The number of halogens is 4. The van der Waals surface area contributed by atoms with Gasteiger partial charge in [-0.25, -0.2) is 4.68 Å². The number of hydrogen-bond donors (Lipinski definition) is 2. The molecule has 2 atom stereocenters. The van der Waals surface area contributed by atoms with Crippen LogP contribution in [0.1, 0.15) is 45.6 Å². The van der Waals surface area contributed by atoms with Crippen LogP contribution in [0.15, 0.2) is 78.9 Å². The SMILES string of the molecule is CCN1C(=O)[C@H](NC(=O)c2cccc(C(F)(F)F)c2)[C@@H](c2ccccc2NC(=O)CCl)c2c(C)nn(-c3ccccc3)c21. The third-order valence-electron chi connectivity index (χ3n) is 7.26. The van der Waals surface area contributed by atoms with Crippen LogP contribution in [-0.4, -0.2) is 46.0 Å². The lowest BCUT2D eigenvalue weighted by Crippen LogP contribution is -2.55. The number of para-hydroxylation sites is 2. The van der Waals surface area contributed by atoms with Gasteiger partial charge in [0, 0.05) is 29.3 Å². The summed E-state index contributed by atoms with van der Waals surface area (Å²) in [6, 6.07) is 18.8. The van der Waals surface area contributed by atoms with Crippen molar-refractivity contribution >= 4 is 40.8 Å². The summed E-state index contributed by atoms with van der Waals surface area (Å²) in [5.41, 5.74) is 1.50. The van der Waals surface area contributed by atoms with Crippen molar-refractivity contribution in [3.63, 3.8) is 0 Å². The van der Waals surface area contributed by atoms with E-state index in [1.165, 1.54) is 11.0 Å². The first kappa shape index (κ1) is 29.8. The Labute approximate surface area is 250 Å².